The molecule has 3 amide bonds. The molecule has 0 fully saturated rings. The minimum Gasteiger partial charge on any atom is -0.453 e. The number of rotatable bonds is 3. The minimum atomic E-state index is -0.630. The molecule has 0 heterocycles. The molecule has 0 saturated carbocycles. The molecule has 0 radical (unpaired) electrons. The van der Waals surface area contributed by atoms with Gasteiger partial charge < -0.3 is 19.5 Å². The highest BCUT2D eigenvalue weighted by molar-refractivity contribution is 5.80. The molecule has 11 nitrogen and oxygen atoms in total. The van der Waals surface area contributed by atoms with Crippen molar-refractivity contribution in [2.24, 2.45) is 16.9 Å². The monoisotopic (exact) mass is 351 g/mol. The maximum atomic E-state index is 10.4. The molecule has 11 heteroatoms. The molecule has 0 unspecified atom stereocenters. The smallest absolute Gasteiger partial charge is 0.427 e. The molecule has 0 spiro atoms. The topological polar surface area (TPSA) is 153 Å². The number of nitrogens with zero attached hydrogens (tertiary/aromatic N) is 1. The highest BCUT2D eigenvalue weighted by Crippen LogP contribution is 1.86. The van der Waals surface area contributed by atoms with E-state index in [9.17, 15) is 14.4 Å². The zero-order valence-electron chi connectivity index (χ0n) is 15.3. The Morgan fingerprint density at radius 1 is 0.958 bits per heavy atom. The molecule has 142 valence electrons. The standard InChI is InChI=1S/C6H13NO2.C5H10N2O2.C2H6N2O2/c1-5(2)4-7-6(8)9-3;1-4(2)6-7-5(8)9-3;1-6-2(5)4-3/h5H,4H2,1-3H3,(H,7,8);1-3H3,(H,7,8);3H2,1H3,(H,4,5). The Hall–Kier alpha value is -2.56. The van der Waals surface area contributed by atoms with Gasteiger partial charge in [0.25, 0.3) is 0 Å². The molecule has 24 heavy (non-hydrogen) atoms. The average molecular weight is 351 g/mol. The predicted molar refractivity (Wildman–Crippen MR) is 89.3 cm³/mol. The number of ether oxygens (including phenoxy) is 3. The number of nitrogens with one attached hydrogen (secondary N) is 3. The van der Waals surface area contributed by atoms with E-state index in [0.29, 0.717) is 12.5 Å². The number of carbonyl (C=O) groups excluding carboxylic acids is 3. The van der Waals surface area contributed by atoms with Gasteiger partial charge in [-0.15, -0.1) is 0 Å². The van der Waals surface area contributed by atoms with Crippen LogP contribution in [0.25, 0.3) is 0 Å². The van der Waals surface area contributed by atoms with Gasteiger partial charge in [0.15, 0.2) is 0 Å². The molecule has 0 saturated heterocycles. The largest absolute Gasteiger partial charge is 0.453 e. The minimum absolute atomic E-state index is 0.358. The van der Waals surface area contributed by atoms with Crippen LogP contribution in [0, 0.1) is 5.92 Å². The molecule has 0 atom stereocenters. The van der Waals surface area contributed by atoms with Crippen molar-refractivity contribution in [1.29, 1.82) is 0 Å². The van der Waals surface area contributed by atoms with Crippen LogP contribution in [0.4, 0.5) is 14.4 Å². The van der Waals surface area contributed by atoms with Crippen LogP contribution in [0.5, 0.6) is 0 Å². The maximum Gasteiger partial charge on any atom is 0.427 e. The lowest BCUT2D eigenvalue weighted by molar-refractivity contribution is 0.169. The van der Waals surface area contributed by atoms with E-state index in [1.165, 1.54) is 21.3 Å². The molecular weight excluding hydrogens is 322 g/mol. The van der Waals surface area contributed by atoms with Crippen LogP contribution in [0.3, 0.4) is 0 Å². The Kier molecular flexibility index (Phi) is 20.3. The van der Waals surface area contributed by atoms with Crippen LogP contribution in [0.15, 0.2) is 5.10 Å². The highest BCUT2D eigenvalue weighted by atomic mass is 16.5. The third-order valence-corrected chi connectivity index (χ3v) is 1.70. The quantitative estimate of drug-likeness (QED) is 0.194. The van der Waals surface area contributed by atoms with E-state index < -0.39 is 12.2 Å². The van der Waals surface area contributed by atoms with Gasteiger partial charge >= 0.3 is 18.3 Å². The number of amides is 3. The average Bonchev–Trinajstić information content (AvgIpc) is 2.57. The van der Waals surface area contributed by atoms with E-state index in [1.807, 2.05) is 13.8 Å². The number of hydrogen-bond acceptors (Lipinski definition) is 8. The number of hydrazone groups is 1. The summed E-state index contributed by atoms with van der Waals surface area (Å²) in [6, 6.07) is 0. The first-order valence-corrected chi connectivity index (χ1v) is 6.85. The van der Waals surface area contributed by atoms with Gasteiger partial charge in [-0.25, -0.2) is 25.7 Å². The van der Waals surface area contributed by atoms with Gasteiger partial charge in [0, 0.05) is 12.3 Å². The van der Waals surface area contributed by atoms with Crippen LogP contribution in [0.2, 0.25) is 0 Å². The van der Waals surface area contributed by atoms with E-state index in [1.54, 1.807) is 19.3 Å². The fourth-order valence-corrected chi connectivity index (χ4v) is 0.622. The second-order valence-corrected chi connectivity index (χ2v) is 4.56. The molecule has 0 aliphatic rings. The summed E-state index contributed by atoms with van der Waals surface area (Å²) in [6.45, 7) is 8.27. The number of nitrogens with two attached hydrogens (primary N) is 1. The van der Waals surface area contributed by atoms with Gasteiger partial charge in [-0.2, -0.15) is 5.10 Å². The first kappa shape index (κ1) is 26.3. The fourth-order valence-electron chi connectivity index (χ4n) is 0.622. The van der Waals surface area contributed by atoms with E-state index in [4.69, 9.17) is 0 Å². The summed E-state index contributed by atoms with van der Waals surface area (Å²) in [5.74, 6) is 5.03. The number of methoxy groups -OCH3 is 3. The molecule has 0 aromatic rings. The van der Waals surface area contributed by atoms with E-state index in [2.05, 4.69) is 35.9 Å². The second kappa shape index (κ2) is 18.5. The number of alkyl carbamates (subject to hydrolysis) is 1. The van der Waals surface area contributed by atoms with Crippen molar-refractivity contribution >= 4 is 24.0 Å². The summed E-state index contributed by atoms with van der Waals surface area (Å²) >= 11 is 0. The van der Waals surface area contributed by atoms with Crippen LogP contribution in [-0.4, -0.2) is 51.9 Å². The molecule has 0 rings (SSSR count). The fraction of sp³-hybridized carbons (Fsp3) is 0.692. The summed E-state index contributed by atoms with van der Waals surface area (Å²) in [7, 11) is 3.88. The summed E-state index contributed by atoms with van der Waals surface area (Å²) in [4.78, 5) is 30.4. The predicted octanol–water partition coefficient (Wildman–Crippen LogP) is 0.953. The van der Waals surface area contributed by atoms with Crippen LogP contribution in [-0.2, 0) is 14.2 Å². The van der Waals surface area contributed by atoms with Crippen LogP contribution >= 0.6 is 0 Å². The molecule has 0 bridgehead atoms. The molecule has 0 aromatic heterocycles. The summed E-state index contributed by atoms with van der Waals surface area (Å²) < 4.78 is 12.6. The zero-order chi connectivity index (χ0) is 19.5. The van der Waals surface area contributed by atoms with E-state index in [-0.39, 0.29) is 6.09 Å². The zero-order valence-corrected chi connectivity index (χ0v) is 15.3. The Morgan fingerprint density at radius 3 is 1.67 bits per heavy atom. The van der Waals surface area contributed by atoms with Crippen molar-refractivity contribution < 1.29 is 28.6 Å². The first-order valence-electron chi connectivity index (χ1n) is 6.85. The third-order valence-electron chi connectivity index (χ3n) is 1.70. The van der Waals surface area contributed by atoms with E-state index in [0.717, 1.165) is 5.71 Å². The molecule has 0 aliphatic carbocycles. The summed E-state index contributed by atoms with van der Waals surface area (Å²) in [5, 5.41) is 6.16. The van der Waals surface area contributed by atoms with Crippen LogP contribution < -0.4 is 22.0 Å². The normalized spacial score (nSPS) is 8.21. The Morgan fingerprint density at radius 2 is 1.42 bits per heavy atom. The second-order valence-electron chi connectivity index (χ2n) is 4.56. The Labute approximate surface area is 142 Å². The Bertz CT molecular complexity index is 377. The number of carbonyl (C=O) groups is 3. The van der Waals surface area contributed by atoms with Crippen LogP contribution in [0.1, 0.15) is 27.7 Å². The van der Waals surface area contributed by atoms with Crippen molar-refractivity contribution in [3.63, 3.8) is 0 Å². The van der Waals surface area contributed by atoms with Crippen molar-refractivity contribution in [3.8, 4) is 0 Å². The van der Waals surface area contributed by atoms with Crippen molar-refractivity contribution in [2.75, 3.05) is 27.9 Å². The highest BCUT2D eigenvalue weighted by Gasteiger charge is 1.97. The maximum absolute atomic E-state index is 10.4. The van der Waals surface area contributed by atoms with Crippen molar-refractivity contribution in [1.82, 2.24) is 16.2 Å². The molecular formula is C13H29N5O6. The third kappa shape index (κ3) is 27.7. The lowest BCUT2D eigenvalue weighted by Gasteiger charge is -2.04. The lowest BCUT2D eigenvalue weighted by atomic mass is 10.2. The van der Waals surface area contributed by atoms with Crippen molar-refractivity contribution in [2.45, 2.75) is 27.7 Å². The van der Waals surface area contributed by atoms with Gasteiger partial charge in [-0.05, 0) is 19.8 Å². The molecule has 0 aromatic carbocycles. The van der Waals surface area contributed by atoms with Gasteiger partial charge in [0.05, 0.1) is 21.3 Å². The summed E-state index contributed by atoms with van der Waals surface area (Å²) in [5.41, 5.74) is 4.69. The number of hydrogen-bond donors (Lipinski definition) is 4. The van der Waals surface area contributed by atoms with Gasteiger partial charge in [0.2, 0.25) is 0 Å². The van der Waals surface area contributed by atoms with Gasteiger partial charge in [0.1, 0.15) is 0 Å². The SMILES string of the molecule is COC(=O)NCC(C)C.COC(=O)NN.COC(=O)NN=C(C)C. The number of hydrazine groups is 1. The molecule has 0 aliphatic heterocycles. The lowest BCUT2D eigenvalue weighted by Crippen LogP contribution is -2.29. The van der Waals surface area contributed by atoms with Crippen molar-refractivity contribution in [3.05, 3.63) is 0 Å². The van der Waals surface area contributed by atoms with Gasteiger partial charge in [-0.1, -0.05) is 13.8 Å². The first-order chi connectivity index (χ1) is 11.1. The Balaban J connectivity index is -0.000000282. The molecule has 5 N–H and O–H groups in total. The summed E-state index contributed by atoms with van der Waals surface area (Å²) in [6.07, 6.45) is -1.53. The van der Waals surface area contributed by atoms with E-state index >= 15 is 0 Å². The van der Waals surface area contributed by atoms with Gasteiger partial charge in [-0.3, -0.25) is 5.43 Å².